The highest BCUT2D eigenvalue weighted by Crippen LogP contribution is 2.18. The third kappa shape index (κ3) is 4.02. The zero-order valence-electron chi connectivity index (χ0n) is 13.5. The van der Waals surface area contributed by atoms with E-state index in [9.17, 15) is 19.6 Å². The van der Waals surface area contributed by atoms with Gasteiger partial charge in [-0.3, -0.25) is 15.5 Å². The molecule has 7 heteroatoms. The van der Waals surface area contributed by atoms with Gasteiger partial charge in [-0.15, -0.1) is 0 Å². The smallest absolute Gasteiger partial charge is 0.269 e. The van der Waals surface area contributed by atoms with Crippen molar-refractivity contribution in [3.05, 3.63) is 99.9 Å². The molecule has 0 unspecified atom stereocenters. The lowest BCUT2D eigenvalue weighted by molar-refractivity contribution is -0.384. The largest absolute Gasteiger partial charge is 0.508 e. The van der Waals surface area contributed by atoms with Crippen LogP contribution in [0, 0.1) is 15.9 Å². The van der Waals surface area contributed by atoms with Crippen LogP contribution in [0.4, 0.5) is 15.8 Å². The molecule has 3 aromatic rings. The predicted octanol–water partition coefficient (Wildman–Crippen LogP) is 4.30. The van der Waals surface area contributed by atoms with Crippen LogP contribution in [-0.2, 0) is 0 Å². The summed E-state index contributed by atoms with van der Waals surface area (Å²) in [7, 11) is 0. The van der Waals surface area contributed by atoms with Crippen LogP contribution in [0.5, 0.6) is 5.75 Å². The molecule has 26 heavy (non-hydrogen) atoms. The Morgan fingerprint density at radius 1 is 0.923 bits per heavy atom. The lowest BCUT2D eigenvalue weighted by Gasteiger charge is -2.09. The molecular weight excluding hydrogens is 337 g/mol. The fourth-order valence-electron chi connectivity index (χ4n) is 2.30. The maximum Gasteiger partial charge on any atom is 0.269 e. The zero-order chi connectivity index (χ0) is 18.5. The quantitative estimate of drug-likeness (QED) is 0.407. The zero-order valence-corrected chi connectivity index (χ0v) is 13.5. The number of benzene rings is 3. The SMILES string of the molecule is O=[N+]([O-])c1ccc(N/N=C(/c2ccc(O)cc2)c2ccc(F)cc2)cc1. The average Bonchev–Trinajstić information content (AvgIpc) is 2.65. The van der Waals surface area contributed by atoms with E-state index < -0.39 is 4.92 Å². The molecule has 0 bridgehead atoms. The summed E-state index contributed by atoms with van der Waals surface area (Å²) in [6, 6.07) is 18.1. The van der Waals surface area contributed by atoms with E-state index in [-0.39, 0.29) is 17.3 Å². The Hall–Kier alpha value is -3.74. The predicted molar refractivity (Wildman–Crippen MR) is 96.9 cm³/mol. The van der Waals surface area contributed by atoms with Gasteiger partial charge in [-0.1, -0.05) is 0 Å². The Morgan fingerprint density at radius 3 is 2.00 bits per heavy atom. The first kappa shape index (κ1) is 17.1. The molecule has 0 heterocycles. The number of phenolic OH excluding ortho intramolecular Hbond substituents is 1. The van der Waals surface area contributed by atoms with Crippen LogP contribution in [-0.4, -0.2) is 15.7 Å². The summed E-state index contributed by atoms with van der Waals surface area (Å²) in [5, 5.41) is 24.5. The summed E-state index contributed by atoms with van der Waals surface area (Å²) >= 11 is 0. The lowest BCUT2D eigenvalue weighted by Crippen LogP contribution is -2.06. The summed E-state index contributed by atoms with van der Waals surface area (Å²) in [6.45, 7) is 0. The first-order chi connectivity index (χ1) is 12.5. The van der Waals surface area contributed by atoms with Gasteiger partial charge in [0.1, 0.15) is 11.6 Å². The van der Waals surface area contributed by atoms with Gasteiger partial charge in [-0.2, -0.15) is 5.10 Å². The number of nitrogens with zero attached hydrogens (tertiary/aromatic N) is 2. The number of aromatic hydroxyl groups is 1. The van der Waals surface area contributed by atoms with E-state index in [1.807, 2.05) is 0 Å². The fraction of sp³-hybridized carbons (Fsp3) is 0. The summed E-state index contributed by atoms with van der Waals surface area (Å²) in [5.74, 6) is -0.238. The third-order valence-corrected chi connectivity index (χ3v) is 3.63. The fourth-order valence-corrected chi connectivity index (χ4v) is 2.30. The van der Waals surface area contributed by atoms with Crippen molar-refractivity contribution in [2.24, 2.45) is 5.10 Å². The number of hydrogen-bond donors (Lipinski definition) is 2. The van der Waals surface area contributed by atoms with Gasteiger partial charge in [-0.05, 0) is 60.7 Å². The Labute approximate surface area is 148 Å². The van der Waals surface area contributed by atoms with E-state index in [0.717, 1.165) is 0 Å². The molecule has 3 aromatic carbocycles. The van der Waals surface area contributed by atoms with Crippen molar-refractivity contribution in [2.45, 2.75) is 0 Å². The maximum atomic E-state index is 13.2. The van der Waals surface area contributed by atoms with Gasteiger partial charge in [0, 0.05) is 23.3 Å². The van der Waals surface area contributed by atoms with E-state index in [0.29, 0.717) is 22.5 Å². The van der Waals surface area contributed by atoms with Crippen LogP contribution in [0.3, 0.4) is 0 Å². The molecule has 3 rings (SSSR count). The number of anilines is 1. The lowest BCUT2D eigenvalue weighted by atomic mass is 10.0. The second-order valence-electron chi connectivity index (χ2n) is 5.43. The van der Waals surface area contributed by atoms with Crippen molar-refractivity contribution in [1.29, 1.82) is 0 Å². The first-order valence-corrected chi connectivity index (χ1v) is 7.66. The van der Waals surface area contributed by atoms with Crippen molar-refractivity contribution in [1.82, 2.24) is 0 Å². The van der Waals surface area contributed by atoms with Gasteiger partial charge in [-0.25, -0.2) is 4.39 Å². The highest BCUT2D eigenvalue weighted by molar-refractivity contribution is 6.13. The Bertz CT molecular complexity index is 890. The summed E-state index contributed by atoms with van der Waals surface area (Å²) in [4.78, 5) is 10.2. The molecule has 0 atom stereocenters. The maximum absolute atomic E-state index is 13.2. The highest BCUT2D eigenvalue weighted by atomic mass is 19.1. The van der Waals surface area contributed by atoms with Crippen LogP contribution >= 0.6 is 0 Å². The highest BCUT2D eigenvalue weighted by Gasteiger charge is 2.09. The number of phenols is 1. The molecule has 2 N–H and O–H groups in total. The number of rotatable bonds is 5. The molecule has 0 aliphatic rings. The molecule has 0 aromatic heterocycles. The number of hydrogen-bond acceptors (Lipinski definition) is 5. The minimum atomic E-state index is -0.479. The van der Waals surface area contributed by atoms with Crippen LogP contribution in [0.15, 0.2) is 77.9 Å². The number of non-ortho nitro benzene ring substituents is 1. The molecule has 0 fully saturated rings. The molecule has 130 valence electrons. The van der Waals surface area contributed by atoms with E-state index >= 15 is 0 Å². The van der Waals surface area contributed by atoms with Gasteiger partial charge in [0.2, 0.25) is 0 Å². The summed E-state index contributed by atoms with van der Waals surface area (Å²) in [6.07, 6.45) is 0. The number of halogens is 1. The number of nitro groups is 1. The minimum Gasteiger partial charge on any atom is -0.508 e. The average molecular weight is 351 g/mol. The second kappa shape index (κ2) is 7.43. The molecule has 0 aliphatic carbocycles. The topological polar surface area (TPSA) is 87.8 Å². The van der Waals surface area contributed by atoms with Crippen molar-refractivity contribution in [3.63, 3.8) is 0 Å². The Kier molecular flexibility index (Phi) is 4.89. The second-order valence-corrected chi connectivity index (χ2v) is 5.43. The molecule has 0 saturated heterocycles. The van der Waals surface area contributed by atoms with Gasteiger partial charge in [0.25, 0.3) is 5.69 Å². The molecule has 0 radical (unpaired) electrons. The van der Waals surface area contributed by atoms with Gasteiger partial charge >= 0.3 is 0 Å². The van der Waals surface area contributed by atoms with Crippen LogP contribution < -0.4 is 5.43 Å². The number of hydrazone groups is 1. The minimum absolute atomic E-state index is 0.0168. The molecule has 0 amide bonds. The number of nitro benzene ring substituents is 1. The molecular formula is C19H14FN3O3. The monoisotopic (exact) mass is 351 g/mol. The Balaban J connectivity index is 1.94. The van der Waals surface area contributed by atoms with Crippen LogP contribution in [0.25, 0.3) is 0 Å². The van der Waals surface area contributed by atoms with E-state index in [1.165, 1.54) is 36.4 Å². The number of nitrogens with one attached hydrogen (secondary N) is 1. The van der Waals surface area contributed by atoms with Crippen molar-refractivity contribution in [3.8, 4) is 5.75 Å². The summed E-state index contributed by atoms with van der Waals surface area (Å²) < 4.78 is 13.2. The molecule has 0 saturated carbocycles. The van der Waals surface area contributed by atoms with Gasteiger partial charge in [0.05, 0.1) is 16.3 Å². The third-order valence-electron chi connectivity index (χ3n) is 3.63. The van der Waals surface area contributed by atoms with Crippen molar-refractivity contribution >= 4 is 17.1 Å². The molecule has 6 nitrogen and oxygen atoms in total. The standard InChI is InChI=1S/C19H14FN3O3/c20-15-5-1-13(2-6-15)19(14-3-11-18(24)12-4-14)22-21-16-7-9-17(10-8-16)23(25)26/h1-12,21,24H/b22-19+. The van der Waals surface area contributed by atoms with Crippen molar-refractivity contribution < 1.29 is 14.4 Å². The van der Waals surface area contributed by atoms with E-state index in [1.54, 1.807) is 36.4 Å². The molecule has 0 aliphatic heterocycles. The molecule has 0 spiro atoms. The Morgan fingerprint density at radius 2 is 1.46 bits per heavy atom. The summed E-state index contributed by atoms with van der Waals surface area (Å²) in [5.41, 5.74) is 5.31. The van der Waals surface area contributed by atoms with Gasteiger partial charge < -0.3 is 5.11 Å². The first-order valence-electron chi connectivity index (χ1n) is 7.66. The van der Waals surface area contributed by atoms with Crippen LogP contribution in [0.2, 0.25) is 0 Å². The van der Waals surface area contributed by atoms with E-state index in [4.69, 9.17) is 0 Å². The van der Waals surface area contributed by atoms with E-state index in [2.05, 4.69) is 10.5 Å². The van der Waals surface area contributed by atoms with Gasteiger partial charge in [0.15, 0.2) is 0 Å². The van der Waals surface area contributed by atoms with Crippen LogP contribution in [0.1, 0.15) is 11.1 Å². The van der Waals surface area contributed by atoms with Crippen molar-refractivity contribution in [2.75, 3.05) is 5.43 Å². The normalized spacial score (nSPS) is 11.2.